The summed E-state index contributed by atoms with van der Waals surface area (Å²) in [5, 5.41) is 0. The third-order valence-corrected chi connectivity index (χ3v) is 3.17. The van der Waals surface area contributed by atoms with Gasteiger partial charge in [-0.2, -0.15) is 0 Å². The lowest BCUT2D eigenvalue weighted by Crippen LogP contribution is -2.31. The summed E-state index contributed by atoms with van der Waals surface area (Å²) in [6, 6.07) is 5.29. The Kier molecular flexibility index (Phi) is 5.49. The monoisotopic (exact) mass is 282 g/mol. The smallest absolute Gasteiger partial charge is 0.340 e. The summed E-state index contributed by atoms with van der Waals surface area (Å²) in [4.78, 5) is 11.8. The molecule has 0 aromatic heterocycles. The number of ether oxygens (including phenoxy) is 3. The van der Waals surface area contributed by atoms with Crippen molar-refractivity contribution in [1.82, 2.24) is 0 Å². The van der Waals surface area contributed by atoms with Crippen LogP contribution in [-0.2, 0) is 14.3 Å². The number of halogens is 1. The summed E-state index contributed by atoms with van der Waals surface area (Å²) in [7, 11) is 0. The van der Waals surface area contributed by atoms with Gasteiger partial charge in [-0.25, -0.2) is 9.18 Å². The first-order chi connectivity index (χ1) is 9.65. The fourth-order valence-electron chi connectivity index (χ4n) is 1.96. The molecule has 0 spiro atoms. The first kappa shape index (κ1) is 14.9. The molecule has 0 aliphatic carbocycles. The predicted octanol–water partition coefficient (Wildman–Crippen LogP) is 2.71. The largest absolute Gasteiger partial charge is 0.425 e. The van der Waals surface area contributed by atoms with Crippen molar-refractivity contribution in [2.75, 3.05) is 13.2 Å². The van der Waals surface area contributed by atoms with Gasteiger partial charge in [0.05, 0.1) is 12.7 Å². The molecule has 2 unspecified atom stereocenters. The molecule has 1 heterocycles. The fourth-order valence-corrected chi connectivity index (χ4v) is 1.96. The van der Waals surface area contributed by atoms with Crippen molar-refractivity contribution in [2.45, 2.75) is 38.4 Å². The number of hydrogen-bond acceptors (Lipinski definition) is 4. The van der Waals surface area contributed by atoms with Crippen molar-refractivity contribution in [3.8, 4) is 5.75 Å². The molecule has 1 aromatic carbocycles. The zero-order chi connectivity index (χ0) is 14.4. The lowest BCUT2D eigenvalue weighted by atomic mass is 10.1. The van der Waals surface area contributed by atoms with Crippen LogP contribution >= 0.6 is 0 Å². The number of carbonyl (C=O) groups excluding carboxylic acids is 1. The molecule has 1 fully saturated rings. The van der Waals surface area contributed by atoms with Crippen molar-refractivity contribution >= 4 is 5.97 Å². The molecule has 4 nitrogen and oxygen atoms in total. The van der Waals surface area contributed by atoms with Crippen molar-refractivity contribution in [3.05, 3.63) is 30.1 Å². The average Bonchev–Trinajstić information content (AvgIpc) is 2.48. The molecule has 1 saturated heterocycles. The highest BCUT2D eigenvalue weighted by Crippen LogP contribution is 2.15. The molecule has 2 rings (SSSR count). The third kappa shape index (κ3) is 4.58. The van der Waals surface area contributed by atoms with E-state index >= 15 is 0 Å². The van der Waals surface area contributed by atoms with Crippen LogP contribution in [-0.4, -0.2) is 31.4 Å². The van der Waals surface area contributed by atoms with Crippen LogP contribution in [0.1, 0.15) is 26.2 Å². The van der Waals surface area contributed by atoms with E-state index in [1.807, 2.05) is 0 Å². The lowest BCUT2D eigenvalue weighted by molar-refractivity contribution is -0.149. The van der Waals surface area contributed by atoms with Crippen molar-refractivity contribution < 1.29 is 23.4 Å². The molecule has 1 aliphatic heterocycles. The minimum Gasteiger partial charge on any atom is -0.425 e. The number of hydrogen-bond donors (Lipinski definition) is 0. The maximum absolute atomic E-state index is 12.7. The second-order valence-corrected chi connectivity index (χ2v) is 4.84. The molecular formula is C15H19FO4. The SMILES string of the molecule is CC(OCC1CCCCO1)C(=O)Oc1ccc(F)cc1. The van der Waals surface area contributed by atoms with Crippen LogP contribution in [0.4, 0.5) is 4.39 Å². The van der Waals surface area contributed by atoms with Gasteiger partial charge in [-0.05, 0) is 50.5 Å². The molecule has 1 aliphatic rings. The van der Waals surface area contributed by atoms with E-state index in [9.17, 15) is 9.18 Å². The van der Waals surface area contributed by atoms with Crippen LogP contribution < -0.4 is 4.74 Å². The van der Waals surface area contributed by atoms with Crippen molar-refractivity contribution in [3.63, 3.8) is 0 Å². The second-order valence-electron chi connectivity index (χ2n) is 4.84. The van der Waals surface area contributed by atoms with Crippen LogP contribution in [0.5, 0.6) is 5.75 Å². The molecule has 0 N–H and O–H groups in total. The van der Waals surface area contributed by atoms with Crippen LogP contribution in [0.3, 0.4) is 0 Å². The minimum atomic E-state index is -0.675. The van der Waals surface area contributed by atoms with Gasteiger partial charge in [-0.1, -0.05) is 0 Å². The summed E-state index contributed by atoms with van der Waals surface area (Å²) in [5.74, 6) is -0.559. The Labute approximate surface area is 117 Å². The van der Waals surface area contributed by atoms with Crippen LogP contribution in [0.15, 0.2) is 24.3 Å². The maximum atomic E-state index is 12.7. The van der Waals surface area contributed by atoms with E-state index in [0.29, 0.717) is 12.4 Å². The first-order valence-corrected chi connectivity index (χ1v) is 6.85. The van der Waals surface area contributed by atoms with Gasteiger partial charge in [0.1, 0.15) is 11.6 Å². The first-order valence-electron chi connectivity index (χ1n) is 6.85. The van der Waals surface area contributed by atoms with Crippen LogP contribution in [0.2, 0.25) is 0 Å². The van der Waals surface area contributed by atoms with E-state index < -0.39 is 12.1 Å². The highest BCUT2D eigenvalue weighted by Gasteiger charge is 2.20. The van der Waals surface area contributed by atoms with Gasteiger partial charge >= 0.3 is 5.97 Å². The molecule has 110 valence electrons. The zero-order valence-electron chi connectivity index (χ0n) is 11.5. The number of carbonyl (C=O) groups is 1. The van der Waals surface area contributed by atoms with Crippen molar-refractivity contribution in [1.29, 1.82) is 0 Å². The number of rotatable bonds is 5. The Balaban J connectivity index is 1.75. The van der Waals surface area contributed by atoms with Gasteiger partial charge in [0.15, 0.2) is 6.10 Å². The quantitative estimate of drug-likeness (QED) is 0.615. The fraction of sp³-hybridized carbons (Fsp3) is 0.533. The summed E-state index contributed by atoms with van der Waals surface area (Å²) in [5.41, 5.74) is 0. The van der Waals surface area contributed by atoms with Gasteiger partial charge in [0.2, 0.25) is 0 Å². The third-order valence-electron chi connectivity index (χ3n) is 3.17. The number of benzene rings is 1. The summed E-state index contributed by atoms with van der Waals surface area (Å²) in [6.07, 6.45) is 2.55. The average molecular weight is 282 g/mol. The molecular weight excluding hydrogens is 263 g/mol. The Hall–Kier alpha value is -1.46. The molecule has 0 saturated carbocycles. The highest BCUT2D eigenvalue weighted by molar-refractivity contribution is 5.76. The zero-order valence-corrected chi connectivity index (χ0v) is 11.5. The minimum absolute atomic E-state index is 0.0600. The Morgan fingerprint density at radius 3 is 2.80 bits per heavy atom. The van der Waals surface area contributed by atoms with Gasteiger partial charge in [0.25, 0.3) is 0 Å². The van der Waals surface area contributed by atoms with Gasteiger partial charge in [-0.15, -0.1) is 0 Å². The molecule has 0 amide bonds. The van der Waals surface area contributed by atoms with Crippen LogP contribution in [0.25, 0.3) is 0 Å². The topological polar surface area (TPSA) is 44.8 Å². The normalized spacial score (nSPS) is 20.4. The molecule has 5 heteroatoms. The molecule has 0 radical (unpaired) electrons. The summed E-state index contributed by atoms with van der Waals surface area (Å²) < 4.78 is 28.8. The Morgan fingerprint density at radius 1 is 1.40 bits per heavy atom. The summed E-state index contributed by atoms with van der Waals surface area (Å²) in [6.45, 7) is 2.77. The molecule has 2 atom stereocenters. The van der Waals surface area contributed by atoms with E-state index in [-0.39, 0.29) is 11.9 Å². The van der Waals surface area contributed by atoms with Gasteiger partial charge in [-0.3, -0.25) is 0 Å². The summed E-state index contributed by atoms with van der Waals surface area (Å²) >= 11 is 0. The highest BCUT2D eigenvalue weighted by atomic mass is 19.1. The van der Waals surface area contributed by atoms with E-state index in [1.54, 1.807) is 6.92 Å². The van der Waals surface area contributed by atoms with Crippen molar-refractivity contribution in [2.24, 2.45) is 0 Å². The van der Waals surface area contributed by atoms with E-state index in [1.165, 1.54) is 24.3 Å². The molecule has 1 aromatic rings. The van der Waals surface area contributed by atoms with E-state index in [4.69, 9.17) is 14.2 Å². The Bertz CT molecular complexity index is 426. The second kappa shape index (κ2) is 7.36. The lowest BCUT2D eigenvalue weighted by Gasteiger charge is -2.23. The Morgan fingerprint density at radius 2 is 2.15 bits per heavy atom. The maximum Gasteiger partial charge on any atom is 0.340 e. The molecule has 20 heavy (non-hydrogen) atoms. The van der Waals surface area contributed by atoms with E-state index in [2.05, 4.69) is 0 Å². The van der Waals surface area contributed by atoms with Crippen LogP contribution in [0, 0.1) is 5.82 Å². The predicted molar refractivity (Wildman–Crippen MR) is 71.0 cm³/mol. The van der Waals surface area contributed by atoms with E-state index in [0.717, 1.165) is 25.9 Å². The van der Waals surface area contributed by atoms with Gasteiger partial charge in [0, 0.05) is 6.61 Å². The number of esters is 1. The molecule has 0 bridgehead atoms. The van der Waals surface area contributed by atoms with Gasteiger partial charge < -0.3 is 14.2 Å². The standard InChI is InChI=1S/C15H19FO4/c1-11(19-10-14-4-2-3-9-18-14)15(17)20-13-7-5-12(16)6-8-13/h5-8,11,14H,2-4,9-10H2,1H3.